The normalized spacial score (nSPS) is 11.6. The number of carbonyl (C=O) groups is 1. The number of aliphatic hydroxyl groups excluding tert-OH is 1. The predicted molar refractivity (Wildman–Crippen MR) is 30.1 cm³/mol. The Morgan fingerprint density at radius 2 is 2.22 bits per heavy atom. The van der Waals surface area contributed by atoms with E-state index in [1.165, 1.54) is 13.0 Å². The molecule has 4 heteroatoms. The van der Waals surface area contributed by atoms with Crippen LogP contribution >= 0.6 is 0 Å². The second-order valence-corrected chi connectivity index (χ2v) is 1.44. The number of nitrogens with two attached hydrogens (primary N) is 1. The molecule has 0 saturated heterocycles. The minimum absolute atomic E-state index is 0.343. The van der Waals surface area contributed by atoms with E-state index < -0.39 is 11.5 Å². The first-order valence-electron chi connectivity index (χ1n) is 2.19. The average Bonchev–Trinajstić information content (AvgIpc) is 1.64. The molecule has 0 aromatic heterocycles. The van der Waals surface area contributed by atoms with Gasteiger partial charge in [-0.3, -0.25) is 4.79 Å². The minimum atomic E-state index is -0.905. The van der Waals surface area contributed by atoms with Gasteiger partial charge >= 0.3 is 0 Å². The van der Waals surface area contributed by atoms with Crippen molar-refractivity contribution < 1.29 is 9.90 Å². The van der Waals surface area contributed by atoms with E-state index in [0.717, 1.165) is 0 Å². The summed E-state index contributed by atoms with van der Waals surface area (Å²) in [6.07, 6.45) is 0. The third-order valence-electron chi connectivity index (χ3n) is 0.720. The van der Waals surface area contributed by atoms with Gasteiger partial charge in [0.1, 0.15) is 11.8 Å². The molecule has 0 saturated carbocycles. The fraction of sp³-hybridized carbons (Fsp3) is 0.200. The van der Waals surface area contributed by atoms with Crippen molar-refractivity contribution in [2.75, 3.05) is 0 Å². The fourth-order valence-electron chi connectivity index (χ4n) is 0.314. The summed E-state index contributed by atoms with van der Waals surface area (Å²) in [5.74, 6) is -1.25. The van der Waals surface area contributed by atoms with Crippen molar-refractivity contribution in [1.29, 1.82) is 5.26 Å². The molecule has 0 spiro atoms. The van der Waals surface area contributed by atoms with Gasteiger partial charge in [-0.25, -0.2) is 0 Å². The molecule has 3 N–H and O–H groups in total. The molecule has 4 nitrogen and oxygen atoms in total. The van der Waals surface area contributed by atoms with Crippen LogP contribution in [0.25, 0.3) is 0 Å². The summed E-state index contributed by atoms with van der Waals surface area (Å²) in [5.41, 5.74) is 4.28. The summed E-state index contributed by atoms with van der Waals surface area (Å²) < 4.78 is 0. The predicted octanol–water partition coefficient (Wildman–Crippen LogP) is -0.173. The lowest BCUT2D eigenvalue weighted by atomic mass is 10.2. The minimum Gasteiger partial charge on any atom is -0.511 e. The Labute approximate surface area is 52.2 Å². The van der Waals surface area contributed by atoms with Crippen LogP contribution in [0.1, 0.15) is 6.92 Å². The molecule has 9 heavy (non-hydrogen) atoms. The molecule has 48 valence electrons. The molecule has 1 amide bonds. The third-order valence-corrected chi connectivity index (χ3v) is 0.720. The van der Waals surface area contributed by atoms with Gasteiger partial charge in [-0.05, 0) is 6.92 Å². The molecular weight excluding hydrogens is 120 g/mol. The van der Waals surface area contributed by atoms with E-state index in [0.29, 0.717) is 0 Å². The van der Waals surface area contributed by atoms with E-state index in [-0.39, 0.29) is 5.76 Å². The van der Waals surface area contributed by atoms with E-state index in [9.17, 15) is 4.79 Å². The molecule has 0 radical (unpaired) electrons. The largest absolute Gasteiger partial charge is 0.511 e. The molecule has 0 aliphatic heterocycles. The lowest BCUT2D eigenvalue weighted by Gasteiger charge is -1.89. The zero-order valence-corrected chi connectivity index (χ0v) is 4.88. The first-order valence-corrected chi connectivity index (χ1v) is 2.19. The Bertz CT molecular complexity index is 195. The summed E-state index contributed by atoms with van der Waals surface area (Å²) in [4.78, 5) is 10.2. The zero-order valence-electron chi connectivity index (χ0n) is 4.88. The second-order valence-electron chi connectivity index (χ2n) is 1.44. The highest BCUT2D eigenvalue weighted by molar-refractivity contribution is 5.96. The van der Waals surface area contributed by atoms with E-state index in [1.54, 1.807) is 0 Å². The number of aliphatic hydroxyl groups is 1. The standard InChI is InChI=1S/C5H6N2O2/c1-3(8)4(2-6)5(7)9/h8H,1H3,(H2,7,9)/b4-3+. The van der Waals surface area contributed by atoms with Gasteiger partial charge in [0.05, 0.1) is 0 Å². The molecule has 0 aromatic carbocycles. The summed E-state index contributed by atoms with van der Waals surface area (Å²) in [6.45, 7) is 1.23. The Morgan fingerprint density at radius 3 is 2.22 bits per heavy atom. The molecular formula is C5H6N2O2. The number of hydrogen-bond acceptors (Lipinski definition) is 3. The maximum atomic E-state index is 10.2. The molecule has 0 atom stereocenters. The van der Waals surface area contributed by atoms with Crippen molar-refractivity contribution >= 4 is 5.91 Å². The number of primary amides is 1. The number of nitriles is 1. The van der Waals surface area contributed by atoms with Crippen LogP contribution in [0.15, 0.2) is 11.3 Å². The van der Waals surface area contributed by atoms with E-state index in [1.807, 2.05) is 0 Å². The number of amides is 1. The van der Waals surface area contributed by atoms with Crippen LogP contribution in [0.3, 0.4) is 0 Å². The zero-order chi connectivity index (χ0) is 7.44. The molecule has 0 aliphatic carbocycles. The van der Waals surface area contributed by atoms with Crippen LogP contribution in [-0.2, 0) is 4.79 Å². The smallest absolute Gasteiger partial charge is 0.262 e. The van der Waals surface area contributed by atoms with Crippen LogP contribution in [-0.4, -0.2) is 11.0 Å². The molecule has 0 heterocycles. The van der Waals surface area contributed by atoms with Gasteiger partial charge in [0.2, 0.25) is 0 Å². The number of rotatable bonds is 1. The van der Waals surface area contributed by atoms with Crippen LogP contribution in [0, 0.1) is 11.3 Å². The number of nitrogens with zero attached hydrogens (tertiary/aromatic N) is 1. The van der Waals surface area contributed by atoms with Crippen LogP contribution in [0.4, 0.5) is 0 Å². The van der Waals surface area contributed by atoms with Crippen molar-refractivity contribution in [3.8, 4) is 6.07 Å². The van der Waals surface area contributed by atoms with Crippen LogP contribution in [0.2, 0.25) is 0 Å². The van der Waals surface area contributed by atoms with Gasteiger partial charge in [-0.1, -0.05) is 0 Å². The lowest BCUT2D eigenvalue weighted by molar-refractivity contribution is -0.114. The van der Waals surface area contributed by atoms with E-state index in [4.69, 9.17) is 10.4 Å². The fourth-order valence-corrected chi connectivity index (χ4v) is 0.314. The van der Waals surface area contributed by atoms with E-state index in [2.05, 4.69) is 5.73 Å². The van der Waals surface area contributed by atoms with Gasteiger partial charge < -0.3 is 10.8 Å². The van der Waals surface area contributed by atoms with Crippen LogP contribution < -0.4 is 5.73 Å². The van der Waals surface area contributed by atoms with Gasteiger partial charge in [0.25, 0.3) is 5.91 Å². The topological polar surface area (TPSA) is 87.1 Å². The van der Waals surface area contributed by atoms with Crippen molar-refractivity contribution in [3.05, 3.63) is 11.3 Å². The average molecular weight is 126 g/mol. The summed E-state index contributed by atoms with van der Waals surface area (Å²) in [6, 6.07) is 1.46. The van der Waals surface area contributed by atoms with E-state index >= 15 is 0 Å². The number of carbonyl (C=O) groups excluding carboxylic acids is 1. The molecule has 0 bridgehead atoms. The summed E-state index contributed by atoms with van der Waals surface area (Å²) in [7, 11) is 0. The number of allylic oxidation sites excluding steroid dienone is 1. The summed E-state index contributed by atoms with van der Waals surface area (Å²) >= 11 is 0. The van der Waals surface area contributed by atoms with Gasteiger partial charge in [0, 0.05) is 0 Å². The van der Waals surface area contributed by atoms with Crippen molar-refractivity contribution in [3.63, 3.8) is 0 Å². The monoisotopic (exact) mass is 126 g/mol. The van der Waals surface area contributed by atoms with Crippen LogP contribution in [0.5, 0.6) is 0 Å². The van der Waals surface area contributed by atoms with Gasteiger partial charge in [-0.2, -0.15) is 5.26 Å². The molecule has 0 aliphatic rings. The first-order chi connectivity index (χ1) is 4.09. The Balaban J connectivity index is 4.62. The highest BCUT2D eigenvalue weighted by Gasteiger charge is 2.05. The van der Waals surface area contributed by atoms with Crippen molar-refractivity contribution in [2.45, 2.75) is 6.92 Å². The van der Waals surface area contributed by atoms with Gasteiger partial charge in [0.15, 0.2) is 5.57 Å². The second kappa shape index (κ2) is 2.72. The van der Waals surface area contributed by atoms with Crippen molar-refractivity contribution in [1.82, 2.24) is 0 Å². The maximum absolute atomic E-state index is 10.2. The van der Waals surface area contributed by atoms with Crippen molar-refractivity contribution in [2.24, 2.45) is 5.73 Å². The SMILES string of the molecule is C/C(O)=C(/C#N)C(N)=O. The molecule has 0 fully saturated rings. The highest BCUT2D eigenvalue weighted by Crippen LogP contribution is 1.95. The third kappa shape index (κ3) is 1.82. The van der Waals surface area contributed by atoms with Gasteiger partial charge in [-0.15, -0.1) is 0 Å². The maximum Gasteiger partial charge on any atom is 0.262 e. The number of hydrogen-bond donors (Lipinski definition) is 2. The molecule has 0 aromatic rings. The highest BCUT2D eigenvalue weighted by atomic mass is 16.3. The molecule has 0 unspecified atom stereocenters. The Kier molecular flexibility index (Phi) is 2.27. The molecule has 0 rings (SSSR count). The quantitative estimate of drug-likeness (QED) is 0.290. The first kappa shape index (κ1) is 7.50. The lowest BCUT2D eigenvalue weighted by Crippen LogP contribution is -2.14. The Hall–Kier alpha value is -1.50. The Morgan fingerprint density at radius 1 is 1.78 bits per heavy atom. The summed E-state index contributed by atoms with van der Waals surface area (Å²) in [5, 5.41) is 16.6.